The van der Waals surface area contributed by atoms with E-state index in [2.05, 4.69) is 14.9 Å². The molecule has 1 aliphatic carbocycles. The minimum absolute atomic E-state index is 0.00720. The monoisotopic (exact) mass is 526 g/mol. The number of amides is 3. The fraction of sp³-hybridized carbons (Fsp3) is 0.667. The Balaban J connectivity index is 1.33. The molecule has 0 radical (unpaired) electrons. The quantitative estimate of drug-likeness (QED) is 0.285. The van der Waals surface area contributed by atoms with Crippen molar-refractivity contribution in [1.29, 1.82) is 0 Å². The van der Waals surface area contributed by atoms with E-state index in [1.165, 1.54) is 17.7 Å². The first-order chi connectivity index (χ1) is 16.8. The van der Waals surface area contributed by atoms with Crippen molar-refractivity contribution in [2.24, 2.45) is 5.92 Å². The molecule has 0 unspecified atom stereocenters. The highest BCUT2D eigenvalue weighted by atomic mass is 35.5. The first-order valence-electron chi connectivity index (χ1n) is 12.5. The molecule has 3 amide bonds. The maximum absolute atomic E-state index is 13.0. The van der Waals surface area contributed by atoms with E-state index in [1.807, 2.05) is 12.1 Å². The fourth-order valence-corrected chi connectivity index (χ4v) is 6.00. The highest BCUT2D eigenvalue weighted by molar-refractivity contribution is 7.89. The number of unbranched alkanes of at least 4 members (excludes halogenated alkanes) is 2. The van der Waals surface area contributed by atoms with Crippen LogP contribution in [0.15, 0.2) is 18.2 Å². The van der Waals surface area contributed by atoms with Gasteiger partial charge < -0.3 is 14.5 Å². The van der Waals surface area contributed by atoms with E-state index >= 15 is 0 Å². The van der Waals surface area contributed by atoms with Crippen LogP contribution in [0.1, 0.15) is 56.6 Å². The number of carbonyl (C=O) groups is 2. The van der Waals surface area contributed by atoms with E-state index in [0.29, 0.717) is 55.6 Å². The fourth-order valence-electron chi connectivity index (χ4n) is 4.48. The number of rotatable bonds is 14. The van der Waals surface area contributed by atoms with Crippen LogP contribution in [-0.4, -0.2) is 75.2 Å². The molecule has 0 aromatic heterocycles. The molecule has 3 aliphatic rings. The number of nitrogens with one attached hydrogen (secondary N) is 2. The third-order valence-electron chi connectivity index (χ3n) is 6.70. The van der Waals surface area contributed by atoms with E-state index < -0.39 is 16.1 Å². The predicted molar refractivity (Wildman–Crippen MR) is 134 cm³/mol. The second-order valence-electron chi connectivity index (χ2n) is 9.78. The van der Waals surface area contributed by atoms with Gasteiger partial charge in [0.15, 0.2) is 0 Å². The van der Waals surface area contributed by atoms with E-state index in [9.17, 15) is 18.0 Å². The Labute approximate surface area is 212 Å². The number of hydrogen-bond donors (Lipinski definition) is 2. The second-order valence-corrected chi connectivity index (χ2v) is 12.1. The summed E-state index contributed by atoms with van der Waals surface area (Å²) in [6.45, 7) is 3.67. The summed E-state index contributed by atoms with van der Waals surface area (Å²) in [6.07, 6.45) is 6.37. The summed E-state index contributed by atoms with van der Waals surface area (Å²) in [5.41, 5.74) is 0.848. The molecule has 35 heavy (non-hydrogen) atoms. The lowest BCUT2D eigenvalue weighted by Crippen LogP contribution is -2.38. The normalized spacial score (nSPS) is 19.9. The van der Waals surface area contributed by atoms with Crippen LogP contribution in [0.2, 0.25) is 5.02 Å². The van der Waals surface area contributed by atoms with Gasteiger partial charge in [-0.1, -0.05) is 24.1 Å². The summed E-state index contributed by atoms with van der Waals surface area (Å²) < 4.78 is 34.8. The highest BCUT2D eigenvalue weighted by Gasteiger charge is 2.27. The molecule has 1 atom stereocenters. The topological polar surface area (TPSA) is 108 Å². The Morgan fingerprint density at radius 1 is 1.14 bits per heavy atom. The van der Waals surface area contributed by atoms with Crippen molar-refractivity contribution in [3.05, 3.63) is 28.8 Å². The number of carbonyl (C=O) groups excluding carboxylic acids is 2. The number of hydrogen-bond acceptors (Lipinski definition) is 6. The van der Waals surface area contributed by atoms with E-state index in [1.54, 1.807) is 6.07 Å². The van der Waals surface area contributed by atoms with E-state index in [0.717, 1.165) is 31.5 Å². The first kappa shape index (κ1) is 26.2. The van der Waals surface area contributed by atoms with Gasteiger partial charge in [-0.05, 0) is 75.2 Å². The Bertz CT molecular complexity index is 1010. The van der Waals surface area contributed by atoms with Crippen molar-refractivity contribution in [3.8, 4) is 5.75 Å². The summed E-state index contributed by atoms with van der Waals surface area (Å²) in [7, 11) is -3.53. The standard InChI is InChI=1S/C24H35ClN4O5S/c25-20-9-8-19(14-22(20)34-17-18-6-7-18)21(15-28-10-3-4-11-28)27-35(32,33)13-5-1-2-12-29-16-23(30)26-24(29)31/h8-9,14,18,21,27H,1-7,10-13,15-17H2,(H,26,30,31)/t21-/m1/s1. The zero-order chi connectivity index (χ0) is 24.8. The number of halogens is 1. The predicted octanol–water partition coefficient (Wildman–Crippen LogP) is 2.91. The Kier molecular flexibility index (Phi) is 8.91. The van der Waals surface area contributed by atoms with Gasteiger partial charge in [0.05, 0.1) is 23.4 Å². The van der Waals surface area contributed by atoms with Crippen LogP contribution >= 0.6 is 11.6 Å². The van der Waals surface area contributed by atoms with E-state index in [4.69, 9.17) is 16.3 Å². The number of likely N-dealkylation sites (tertiary alicyclic amines) is 1. The summed E-state index contributed by atoms with van der Waals surface area (Å²) in [4.78, 5) is 26.6. The minimum Gasteiger partial charge on any atom is -0.492 e. The average Bonchev–Trinajstić information content (AvgIpc) is 3.39. The summed E-state index contributed by atoms with van der Waals surface area (Å²) in [5.74, 6) is 0.905. The number of sulfonamides is 1. The highest BCUT2D eigenvalue weighted by Crippen LogP contribution is 2.33. The first-order valence-corrected chi connectivity index (χ1v) is 14.6. The average molecular weight is 527 g/mol. The van der Waals surface area contributed by atoms with Gasteiger partial charge in [0.2, 0.25) is 15.9 Å². The third kappa shape index (κ3) is 8.06. The van der Waals surface area contributed by atoms with Crippen molar-refractivity contribution >= 4 is 33.6 Å². The number of benzene rings is 1. The van der Waals surface area contributed by atoms with E-state index in [-0.39, 0.29) is 24.2 Å². The lowest BCUT2D eigenvalue weighted by Gasteiger charge is -2.25. The molecule has 9 nitrogen and oxygen atoms in total. The van der Waals surface area contributed by atoms with Crippen LogP contribution in [-0.2, 0) is 14.8 Å². The molecule has 2 N–H and O–H groups in total. The van der Waals surface area contributed by atoms with Crippen molar-refractivity contribution in [2.75, 3.05) is 45.1 Å². The van der Waals surface area contributed by atoms with Crippen molar-refractivity contribution in [1.82, 2.24) is 19.8 Å². The van der Waals surface area contributed by atoms with Gasteiger partial charge in [-0.3, -0.25) is 10.1 Å². The summed E-state index contributed by atoms with van der Waals surface area (Å²) >= 11 is 6.35. The van der Waals surface area contributed by atoms with Gasteiger partial charge in [-0.15, -0.1) is 0 Å². The number of ether oxygens (including phenoxy) is 1. The summed E-state index contributed by atoms with van der Waals surface area (Å²) in [6, 6.07) is 4.76. The minimum atomic E-state index is -3.53. The number of imide groups is 1. The van der Waals surface area contributed by atoms with Crippen LogP contribution < -0.4 is 14.8 Å². The maximum atomic E-state index is 13.0. The molecule has 2 heterocycles. The van der Waals surface area contributed by atoms with Crippen molar-refractivity contribution in [3.63, 3.8) is 0 Å². The molecule has 11 heteroatoms. The van der Waals surface area contributed by atoms with Crippen LogP contribution in [0.3, 0.4) is 0 Å². The molecule has 2 saturated heterocycles. The molecule has 194 valence electrons. The number of nitrogens with zero attached hydrogens (tertiary/aromatic N) is 2. The van der Waals surface area contributed by atoms with Gasteiger partial charge in [-0.25, -0.2) is 17.9 Å². The molecule has 4 rings (SSSR count). The molecule has 0 spiro atoms. The molecule has 1 saturated carbocycles. The van der Waals surface area contributed by atoms with Gasteiger partial charge in [-0.2, -0.15) is 0 Å². The SMILES string of the molecule is O=C1CN(CCCCCS(=O)(=O)N[C@H](CN2CCCC2)c2ccc(Cl)c(OCC3CC3)c2)C(=O)N1. The van der Waals surface area contributed by atoms with Crippen LogP contribution in [0.25, 0.3) is 0 Å². The van der Waals surface area contributed by atoms with Crippen molar-refractivity contribution < 1.29 is 22.7 Å². The second kappa shape index (κ2) is 11.9. The smallest absolute Gasteiger partial charge is 0.324 e. The largest absolute Gasteiger partial charge is 0.492 e. The molecule has 1 aromatic rings. The zero-order valence-electron chi connectivity index (χ0n) is 20.0. The third-order valence-corrected chi connectivity index (χ3v) is 8.48. The van der Waals surface area contributed by atoms with Gasteiger partial charge in [0.25, 0.3) is 0 Å². The Morgan fingerprint density at radius 3 is 2.60 bits per heavy atom. The van der Waals surface area contributed by atoms with Crippen LogP contribution in [0.4, 0.5) is 4.79 Å². The van der Waals surface area contributed by atoms with Gasteiger partial charge >= 0.3 is 6.03 Å². The molecule has 2 aliphatic heterocycles. The Morgan fingerprint density at radius 2 is 1.91 bits per heavy atom. The lowest BCUT2D eigenvalue weighted by atomic mass is 10.1. The Hall–Kier alpha value is -1.88. The molecule has 0 bridgehead atoms. The maximum Gasteiger partial charge on any atom is 0.324 e. The van der Waals surface area contributed by atoms with Crippen molar-refractivity contribution in [2.45, 2.75) is 51.0 Å². The summed E-state index contributed by atoms with van der Waals surface area (Å²) in [5, 5.41) is 2.78. The molecule has 3 fully saturated rings. The van der Waals surface area contributed by atoms with Crippen LogP contribution in [0.5, 0.6) is 5.75 Å². The number of urea groups is 1. The molecular weight excluding hydrogens is 492 g/mol. The van der Waals surface area contributed by atoms with Crippen LogP contribution in [0, 0.1) is 5.92 Å². The zero-order valence-corrected chi connectivity index (χ0v) is 21.6. The van der Waals surface area contributed by atoms with Gasteiger partial charge in [0, 0.05) is 13.1 Å². The molecular formula is C24H35ClN4O5S. The van der Waals surface area contributed by atoms with Gasteiger partial charge in [0.1, 0.15) is 12.3 Å². The molecule has 1 aromatic carbocycles. The lowest BCUT2D eigenvalue weighted by molar-refractivity contribution is -0.118.